The third kappa shape index (κ3) is 1.49. The zero-order valence-electron chi connectivity index (χ0n) is 8.04. The van der Waals surface area contributed by atoms with Gasteiger partial charge in [0, 0.05) is 16.5 Å². The Balaban J connectivity index is 2.84. The van der Waals surface area contributed by atoms with E-state index in [-0.39, 0.29) is 0 Å². The van der Waals surface area contributed by atoms with E-state index in [1.807, 2.05) is 37.6 Å². The quantitative estimate of drug-likeness (QED) is 0.680. The maximum atomic E-state index is 6.25. The number of hydrogen-bond donors (Lipinski definition) is 0. The fourth-order valence-electron chi connectivity index (χ4n) is 1.46. The molecule has 0 bridgehead atoms. The molecule has 1 aromatic carbocycles. The first-order valence-electron chi connectivity index (χ1n) is 4.32. The van der Waals surface area contributed by atoms with Crippen molar-refractivity contribution in [1.29, 1.82) is 0 Å². The summed E-state index contributed by atoms with van der Waals surface area (Å²) in [5.41, 5.74) is 2.16. The zero-order chi connectivity index (χ0) is 10.1. The third-order valence-corrected chi connectivity index (χ3v) is 3.49. The fourth-order valence-corrected chi connectivity index (χ4v) is 2.34. The summed E-state index contributed by atoms with van der Waals surface area (Å²) in [6.07, 6.45) is 3.84. The van der Waals surface area contributed by atoms with E-state index in [2.05, 4.69) is 4.98 Å². The molecule has 1 nitrogen and oxygen atoms in total. The van der Waals surface area contributed by atoms with Crippen molar-refractivity contribution < 1.29 is 0 Å². The second-order valence-corrected chi connectivity index (χ2v) is 4.34. The van der Waals surface area contributed by atoms with Crippen molar-refractivity contribution in [3.05, 3.63) is 35.0 Å². The maximum Gasteiger partial charge on any atom is 0.0746 e. The van der Waals surface area contributed by atoms with Crippen LogP contribution in [0.25, 0.3) is 10.9 Å². The SMILES string of the molecule is CSc1cnc2c(C)cccc2c1Cl. The summed E-state index contributed by atoms with van der Waals surface area (Å²) in [7, 11) is 0. The minimum atomic E-state index is 0.811. The molecule has 3 heteroatoms. The van der Waals surface area contributed by atoms with Crippen LogP contribution in [0.15, 0.2) is 29.3 Å². The normalized spacial score (nSPS) is 10.8. The first kappa shape index (κ1) is 9.81. The maximum absolute atomic E-state index is 6.25. The molecule has 0 unspecified atom stereocenters. The molecule has 0 spiro atoms. The Bertz CT molecular complexity index is 482. The molecule has 0 N–H and O–H groups in total. The summed E-state index contributed by atoms with van der Waals surface area (Å²) in [6.45, 7) is 2.05. The number of aromatic nitrogens is 1. The third-order valence-electron chi connectivity index (χ3n) is 2.22. The number of nitrogens with zero attached hydrogens (tertiary/aromatic N) is 1. The van der Waals surface area contributed by atoms with Gasteiger partial charge in [0.05, 0.1) is 10.5 Å². The summed E-state index contributed by atoms with van der Waals surface area (Å²) < 4.78 is 0. The molecule has 2 rings (SSSR count). The van der Waals surface area contributed by atoms with Crippen molar-refractivity contribution in [2.45, 2.75) is 11.8 Å². The standard InChI is InChI=1S/C11H10ClNS/c1-7-4-3-5-8-10(12)9(14-2)6-13-11(7)8/h3-6H,1-2H3. The molecule has 0 radical (unpaired) electrons. The van der Waals surface area contributed by atoms with Gasteiger partial charge in [-0.2, -0.15) is 0 Å². The number of pyridine rings is 1. The van der Waals surface area contributed by atoms with E-state index in [1.165, 1.54) is 0 Å². The van der Waals surface area contributed by atoms with Crippen LogP contribution in [-0.2, 0) is 0 Å². The lowest BCUT2D eigenvalue weighted by Crippen LogP contribution is -1.85. The first-order valence-corrected chi connectivity index (χ1v) is 5.92. The highest BCUT2D eigenvalue weighted by atomic mass is 35.5. The molecule has 1 aromatic heterocycles. The molecule has 0 aliphatic carbocycles. The van der Waals surface area contributed by atoms with E-state index >= 15 is 0 Å². The van der Waals surface area contributed by atoms with Crippen LogP contribution < -0.4 is 0 Å². The van der Waals surface area contributed by atoms with Gasteiger partial charge in [0.1, 0.15) is 0 Å². The molecule has 0 amide bonds. The lowest BCUT2D eigenvalue weighted by atomic mass is 10.1. The van der Waals surface area contributed by atoms with Gasteiger partial charge < -0.3 is 0 Å². The number of thioether (sulfide) groups is 1. The molecular formula is C11H10ClNS. The molecule has 1 heterocycles. The Morgan fingerprint density at radius 2 is 2.14 bits per heavy atom. The van der Waals surface area contributed by atoms with Gasteiger partial charge in [-0.15, -0.1) is 11.8 Å². The van der Waals surface area contributed by atoms with Crippen LogP contribution in [0.3, 0.4) is 0 Å². The Morgan fingerprint density at radius 1 is 1.36 bits per heavy atom. The van der Waals surface area contributed by atoms with Crippen LogP contribution in [0.1, 0.15) is 5.56 Å². The average Bonchev–Trinajstić information content (AvgIpc) is 2.20. The summed E-state index contributed by atoms with van der Waals surface area (Å²) in [4.78, 5) is 5.44. The van der Waals surface area contributed by atoms with Gasteiger partial charge in [0.25, 0.3) is 0 Å². The lowest BCUT2D eigenvalue weighted by molar-refractivity contribution is 1.29. The van der Waals surface area contributed by atoms with E-state index < -0.39 is 0 Å². The molecule has 0 saturated heterocycles. The minimum Gasteiger partial charge on any atom is -0.255 e. The van der Waals surface area contributed by atoms with Crippen molar-refractivity contribution in [2.75, 3.05) is 6.26 Å². The Kier molecular flexibility index (Phi) is 2.66. The monoisotopic (exact) mass is 223 g/mol. The zero-order valence-corrected chi connectivity index (χ0v) is 9.62. The molecule has 14 heavy (non-hydrogen) atoms. The second-order valence-electron chi connectivity index (χ2n) is 3.11. The van der Waals surface area contributed by atoms with Crippen molar-refractivity contribution >= 4 is 34.3 Å². The average molecular weight is 224 g/mol. The van der Waals surface area contributed by atoms with E-state index in [0.29, 0.717) is 0 Å². The molecule has 0 aliphatic rings. The van der Waals surface area contributed by atoms with E-state index in [4.69, 9.17) is 11.6 Å². The number of halogens is 1. The van der Waals surface area contributed by atoms with E-state index in [0.717, 1.165) is 26.4 Å². The Labute approximate surface area is 92.5 Å². The number of rotatable bonds is 1. The smallest absolute Gasteiger partial charge is 0.0746 e. The van der Waals surface area contributed by atoms with Gasteiger partial charge in [-0.3, -0.25) is 4.98 Å². The summed E-state index contributed by atoms with van der Waals surface area (Å²) >= 11 is 7.87. The van der Waals surface area contributed by atoms with Gasteiger partial charge in [0.15, 0.2) is 0 Å². The number of hydrogen-bond acceptors (Lipinski definition) is 2. The van der Waals surface area contributed by atoms with Crippen LogP contribution in [-0.4, -0.2) is 11.2 Å². The summed E-state index contributed by atoms with van der Waals surface area (Å²) in [5.74, 6) is 0. The number of fused-ring (bicyclic) bond motifs is 1. The van der Waals surface area contributed by atoms with Gasteiger partial charge in [-0.1, -0.05) is 29.8 Å². The van der Waals surface area contributed by atoms with Crippen LogP contribution in [0, 0.1) is 6.92 Å². The number of aryl methyl sites for hydroxylation is 1. The van der Waals surface area contributed by atoms with Crippen molar-refractivity contribution in [3.8, 4) is 0 Å². The second kappa shape index (κ2) is 3.79. The highest BCUT2D eigenvalue weighted by molar-refractivity contribution is 7.98. The predicted molar refractivity (Wildman–Crippen MR) is 63.3 cm³/mol. The first-order chi connectivity index (χ1) is 6.74. The van der Waals surface area contributed by atoms with Crippen molar-refractivity contribution in [3.63, 3.8) is 0 Å². The molecular weight excluding hydrogens is 214 g/mol. The van der Waals surface area contributed by atoms with Crippen LogP contribution in [0.4, 0.5) is 0 Å². The van der Waals surface area contributed by atoms with Crippen molar-refractivity contribution in [1.82, 2.24) is 4.98 Å². The van der Waals surface area contributed by atoms with Gasteiger partial charge in [0.2, 0.25) is 0 Å². The topological polar surface area (TPSA) is 12.9 Å². The minimum absolute atomic E-state index is 0.811. The predicted octanol–water partition coefficient (Wildman–Crippen LogP) is 3.92. The molecule has 72 valence electrons. The lowest BCUT2D eigenvalue weighted by Gasteiger charge is -2.05. The van der Waals surface area contributed by atoms with Gasteiger partial charge in [-0.25, -0.2) is 0 Å². The molecule has 2 aromatic rings. The van der Waals surface area contributed by atoms with Crippen molar-refractivity contribution in [2.24, 2.45) is 0 Å². The molecule has 0 atom stereocenters. The molecule has 0 aliphatic heterocycles. The van der Waals surface area contributed by atoms with Crippen LogP contribution >= 0.6 is 23.4 Å². The van der Waals surface area contributed by atoms with Gasteiger partial charge in [-0.05, 0) is 18.7 Å². The molecule has 0 saturated carbocycles. The fraction of sp³-hybridized carbons (Fsp3) is 0.182. The molecule has 0 fully saturated rings. The Morgan fingerprint density at radius 3 is 2.86 bits per heavy atom. The number of para-hydroxylation sites is 1. The Hall–Kier alpha value is -0.730. The summed E-state index contributed by atoms with van der Waals surface area (Å²) in [6, 6.07) is 6.07. The number of benzene rings is 1. The van der Waals surface area contributed by atoms with E-state index in [9.17, 15) is 0 Å². The van der Waals surface area contributed by atoms with Gasteiger partial charge >= 0.3 is 0 Å². The largest absolute Gasteiger partial charge is 0.255 e. The highest BCUT2D eigenvalue weighted by Gasteiger charge is 2.06. The highest BCUT2D eigenvalue weighted by Crippen LogP contribution is 2.31. The van der Waals surface area contributed by atoms with Crippen LogP contribution in [0.2, 0.25) is 5.02 Å². The van der Waals surface area contributed by atoms with Crippen LogP contribution in [0.5, 0.6) is 0 Å². The summed E-state index contributed by atoms with van der Waals surface area (Å²) in [5, 5.41) is 1.85. The van der Waals surface area contributed by atoms with E-state index in [1.54, 1.807) is 11.8 Å².